The Labute approximate surface area is 121 Å². The van der Waals surface area contributed by atoms with Gasteiger partial charge in [0.25, 0.3) is 0 Å². The van der Waals surface area contributed by atoms with Crippen LogP contribution in [-0.4, -0.2) is 24.5 Å². The molecule has 0 amide bonds. The van der Waals surface area contributed by atoms with Crippen LogP contribution in [0.15, 0.2) is 48.8 Å². The minimum Gasteiger partial charge on any atom is -0.300 e. The van der Waals surface area contributed by atoms with Crippen molar-refractivity contribution < 1.29 is 0 Å². The first kappa shape index (κ1) is 12.8. The van der Waals surface area contributed by atoms with Crippen molar-refractivity contribution in [2.45, 2.75) is 19.5 Å². The second kappa shape index (κ2) is 5.83. The summed E-state index contributed by atoms with van der Waals surface area (Å²) in [6.07, 6.45) is 4.71. The summed E-state index contributed by atoms with van der Waals surface area (Å²) in [6.45, 7) is 1.69. The molecule has 2 heterocycles. The van der Waals surface area contributed by atoms with Gasteiger partial charge in [0.1, 0.15) is 0 Å². The third-order valence-corrected chi connectivity index (χ3v) is 3.43. The molecule has 0 aliphatic carbocycles. The standard InChI is InChI=1S/C14H15N5S/c20-14-17-16-13(12-6-2-1-3-7-12)19(14)11-5-10-18-9-4-8-15-18/h1-4,6-9H,5,10-11H2,(H,17,20). The average Bonchev–Trinajstić information content (AvgIpc) is 3.11. The number of aromatic amines is 1. The molecular weight excluding hydrogens is 270 g/mol. The normalized spacial score (nSPS) is 10.8. The van der Waals surface area contributed by atoms with E-state index in [1.165, 1.54) is 0 Å². The van der Waals surface area contributed by atoms with Gasteiger partial charge in [-0.3, -0.25) is 9.78 Å². The molecule has 0 unspecified atom stereocenters. The summed E-state index contributed by atoms with van der Waals surface area (Å²) in [4.78, 5) is 0. The third kappa shape index (κ3) is 2.70. The number of aromatic nitrogens is 5. The molecule has 3 aromatic rings. The number of aryl methyl sites for hydroxylation is 1. The zero-order chi connectivity index (χ0) is 13.8. The predicted octanol–water partition coefficient (Wildman–Crippen LogP) is 2.89. The highest BCUT2D eigenvalue weighted by molar-refractivity contribution is 7.71. The highest BCUT2D eigenvalue weighted by Crippen LogP contribution is 2.16. The highest BCUT2D eigenvalue weighted by Gasteiger charge is 2.07. The molecule has 0 saturated carbocycles. The maximum absolute atomic E-state index is 5.31. The fraction of sp³-hybridized carbons (Fsp3) is 0.214. The Hall–Kier alpha value is -2.21. The van der Waals surface area contributed by atoms with Crippen LogP contribution in [0.25, 0.3) is 11.4 Å². The van der Waals surface area contributed by atoms with Crippen LogP contribution < -0.4 is 0 Å². The van der Waals surface area contributed by atoms with E-state index in [0.717, 1.165) is 30.9 Å². The van der Waals surface area contributed by atoms with Gasteiger partial charge in [0, 0.05) is 31.0 Å². The van der Waals surface area contributed by atoms with Crippen LogP contribution in [0.2, 0.25) is 0 Å². The lowest BCUT2D eigenvalue weighted by Gasteiger charge is -2.07. The first-order chi connectivity index (χ1) is 9.84. The van der Waals surface area contributed by atoms with Crippen molar-refractivity contribution in [3.05, 3.63) is 53.6 Å². The first-order valence-corrected chi connectivity index (χ1v) is 6.93. The molecule has 1 N–H and O–H groups in total. The molecular formula is C14H15N5S. The monoisotopic (exact) mass is 285 g/mol. The molecule has 0 fully saturated rings. The number of rotatable bonds is 5. The number of H-pyrrole nitrogens is 1. The average molecular weight is 285 g/mol. The fourth-order valence-electron chi connectivity index (χ4n) is 2.16. The summed E-state index contributed by atoms with van der Waals surface area (Å²) < 4.78 is 4.62. The van der Waals surface area contributed by atoms with Gasteiger partial charge in [-0.25, -0.2) is 0 Å². The van der Waals surface area contributed by atoms with E-state index in [1.807, 2.05) is 51.8 Å². The van der Waals surface area contributed by atoms with Gasteiger partial charge >= 0.3 is 0 Å². The molecule has 102 valence electrons. The Bertz CT molecular complexity index is 712. The number of nitrogens with zero attached hydrogens (tertiary/aromatic N) is 4. The number of hydrogen-bond donors (Lipinski definition) is 1. The van der Waals surface area contributed by atoms with E-state index in [2.05, 4.69) is 15.3 Å². The van der Waals surface area contributed by atoms with Crippen molar-refractivity contribution in [3.63, 3.8) is 0 Å². The molecule has 0 aliphatic rings. The molecule has 5 nitrogen and oxygen atoms in total. The highest BCUT2D eigenvalue weighted by atomic mass is 32.1. The van der Waals surface area contributed by atoms with Crippen LogP contribution in [0.1, 0.15) is 6.42 Å². The van der Waals surface area contributed by atoms with Crippen molar-refractivity contribution in [2.75, 3.05) is 0 Å². The number of nitrogens with one attached hydrogen (secondary N) is 1. The molecule has 0 aliphatic heterocycles. The second-order valence-electron chi connectivity index (χ2n) is 4.49. The van der Waals surface area contributed by atoms with E-state index in [0.29, 0.717) is 4.77 Å². The van der Waals surface area contributed by atoms with Gasteiger partial charge in [-0.15, -0.1) is 0 Å². The van der Waals surface area contributed by atoms with E-state index in [4.69, 9.17) is 12.2 Å². The van der Waals surface area contributed by atoms with Crippen molar-refractivity contribution in [2.24, 2.45) is 0 Å². The molecule has 20 heavy (non-hydrogen) atoms. The van der Waals surface area contributed by atoms with Crippen LogP contribution in [0, 0.1) is 4.77 Å². The molecule has 0 bridgehead atoms. The van der Waals surface area contributed by atoms with Crippen molar-refractivity contribution in [3.8, 4) is 11.4 Å². The Balaban J connectivity index is 1.76. The Morgan fingerprint density at radius 3 is 2.70 bits per heavy atom. The van der Waals surface area contributed by atoms with Gasteiger partial charge in [-0.05, 0) is 24.7 Å². The van der Waals surface area contributed by atoms with Crippen molar-refractivity contribution >= 4 is 12.2 Å². The van der Waals surface area contributed by atoms with Crippen molar-refractivity contribution in [1.29, 1.82) is 0 Å². The van der Waals surface area contributed by atoms with E-state index >= 15 is 0 Å². The fourth-order valence-corrected chi connectivity index (χ4v) is 2.38. The largest absolute Gasteiger partial charge is 0.300 e. The molecule has 6 heteroatoms. The summed E-state index contributed by atoms with van der Waals surface area (Å²) in [5, 5.41) is 11.4. The van der Waals surface area contributed by atoms with E-state index in [1.54, 1.807) is 6.20 Å². The maximum atomic E-state index is 5.31. The van der Waals surface area contributed by atoms with Gasteiger partial charge in [-0.2, -0.15) is 10.2 Å². The van der Waals surface area contributed by atoms with E-state index in [-0.39, 0.29) is 0 Å². The van der Waals surface area contributed by atoms with Gasteiger partial charge in [0.05, 0.1) is 0 Å². The molecule has 3 rings (SSSR count). The van der Waals surface area contributed by atoms with Crippen LogP contribution in [0.5, 0.6) is 0 Å². The topological polar surface area (TPSA) is 51.4 Å². The molecule has 0 spiro atoms. The smallest absolute Gasteiger partial charge is 0.195 e. The van der Waals surface area contributed by atoms with E-state index < -0.39 is 0 Å². The Kier molecular flexibility index (Phi) is 3.73. The maximum Gasteiger partial charge on any atom is 0.195 e. The lowest BCUT2D eigenvalue weighted by Crippen LogP contribution is -2.06. The third-order valence-electron chi connectivity index (χ3n) is 3.12. The number of hydrogen-bond acceptors (Lipinski definition) is 3. The van der Waals surface area contributed by atoms with Crippen molar-refractivity contribution in [1.82, 2.24) is 24.5 Å². The van der Waals surface area contributed by atoms with E-state index in [9.17, 15) is 0 Å². The van der Waals surface area contributed by atoms with Crippen LogP contribution in [0.3, 0.4) is 0 Å². The lowest BCUT2D eigenvalue weighted by atomic mass is 10.2. The summed E-state index contributed by atoms with van der Waals surface area (Å²) in [6, 6.07) is 12.0. The number of benzene rings is 1. The first-order valence-electron chi connectivity index (χ1n) is 6.52. The molecule has 1 aromatic carbocycles. The minimum absolute atomic E-state index is 0.657. The summed E-state index contributed by atoms with van der Waals surface area (Å²) >= 11 is 5.31. The lowest BCUT2D eigenvalue weighted by molar-refractivity contribution is 0.526. The molecule has 0 atom stereocenters. The quantitative estimate of drug-likeness (QED) is 0.733. The van der Waals surface area contributed by atoms with Crippen LogP contribution in [0.4, 0.5) is 0 Å². The Morgan fingerprint density at radius 1 is 1.10 bits per heavy atom. The molecule has 0 saturated heterocycles. The second-order valence-corrected chi connectivity index (χ2v) is 4.88. The zero-order valence-electron chi connectivity index (χ0n) is 10.9. The summed E-state index contributed by atoms with van der Waals surface area (Å²) in [5.74, 6) is 0.885. The van der Waals surface area contributed by atoms with Gasteiger partial charge < -0.3 is 4.57 Å². The molecule has 0 radical (unpaired) electrons. The zero-order valence-corrected chi connectivity index (χ0v) is 11.8. The minimum atomic E-state index is 0.657. The van der Waals surface area contributed by atoms with Gasteiger partial charge in [-0.1, -0.05) is 30.3 Å². The Morgan fingerprint density at radius 2 is 1.95 bits per heavy atom. The summed E-state index contributed by atoms with van der Waals surface area (Å²) in [5.41, 5.74) is 1.07. The molecule has 2 aromatic heterocycles. The predicted molar refractivity (Wildman–Crippen MR) is 79.7 cm³/mol. The van der Waals surface area contributed by atoms with Gasteiger partial charge in [0.2, 0.25) is 0 Å². The SMILES string of the molecule is S=c1[nH]nc(-c2ccccc2)n1CCCn1cccn1. The summed E-state index contributed by atoms with van der Waals surface area (Å²) in [7, 11) is 0. The van der Waals surface area contributed by atoms with Gasteiger partial charge in [0.15, 0.2) is 10.6 Å². The van der Waals surface area contributed by atoms with Crippen LogP contribution in [-0.2, 0) is 13.1 Å². The van der Waals surface area contributed by atoms with Crippen LogP contribution >= 0.6 is 12.2 Å².